The molecule has 3 unspecified atom stereocenters. The van der Waals surface area contributed by atoms with Crippen LogP contribution in [0.3, 0.4) is 0 Å². The van der Waals surface area contributed by atoms with Gasteiger partial charge in [0.25, 0.3) is 0 Å². The van der Waals surface area contributed by atoms with Crippen molar-refractivity contribution in [3.8, 4) is 0 Å². The lowest BCUT2D eigenvalue weighted by atomic mass is 9.74. The van der Waals surface area contributed by atoms with E-state index in [0.29, 0.717) is 12.5 Å². The van der Waals surface area contributed by atoms with Crippen molar-refractivity contribution in [3.05, 3.63) is 11.6 Å². The highest BCUT2D eigenvalue weighted by Crippen LogP contribution is 2.36. The molecule has 76 valence electrons. The standard InChI is InChI=1S/C12H22O/c1-4-11-5-6-12(7-9(11)2)10(3)8-13/h4,9-10,12-13H,5-8H2,1-3H3/b11-4-. The molecule has 0 bridgehead atoms. The average Bonchev–Trinajstić information content (AvgIpc) is 2.16. The maximum Gasteiger partial charge on any atom is 0.0459 e. The summed E-state index contributed by atoms with van der Waals surface area (Å²) < 4.78 is 0. The highest BCUT2D eigenvalue weighted by Gasteiger charge is 2.25. The highest BCUT2D eigenvalue weighted by molar-refractivity contribution is 5.08. The van der Waals surface area contributed by atoms with Crippen LogP contribution in [0.2, 0.25) is 0 Å². The molecule has 0 heterocycles. The van der Waals surface area contributed by atoms with Crippen LogP contribution in [-0.4, -0.2) is 11.7 Å². The number of aliphatic hydroxyl groups is 1. The van der Waals surface area contributed by atoms with Crippen molar-refractivity contribution in [2.75, 3.05) is 6.61 Å². The van der Waals surface area contributed by atoms with Crippen molar-refractivity contribution in [2.45, 2.75) is 40.0 Å². The molecule has 3 atom stereocenters. The highest BCUT2D eigenvalue weighted by atomic mass is 16.3. The first-order valence-electron chi connectivity index (χ1n) is 5.45. The van der Waals surface area contributed by atoms with Crippen molar-refractivity contribution in [2.24, 2.45) is 17.8 Å². The van der Waals surface area contributed by atoms with Gasteiger partial charge in [0.05, 0.1) is 0 Å². The summed E-state index contributed by atoms with van der Waals surface area (Å²) in [5, 5.41) is 9.08. The molecule has 1 N–H and O–H groups in total. The monoisotopic (exact) mass is 182 g/mol. The van der Waals surface area contributed by atoms with E-state index in [0.717, 1.165) is 11.8 Å². The fourth-order valence-corrected chi connectivity index (χ4v) is 2.42. The molecule has 1 aliphatic rings. The Morgan fingerprint density at radius 1 is 1.62 bits per heavy atom. The second kappa shape index (κ2) is 4.80. The molecule has 13 heavy (non-hydrogen) atoms. The van der Waals surface area contributed by atoms with E-state index in [-0.39, 0.29) is 0 Å². The predicted molar refractivity (Wildman–Crippen MR) is 56.5 cm³/mol. The van der Waals surface area contributed by atoms with Crippen LogP contribution < -0.4 is 0 Å². The van der Waals surface area contributed by atoms with E-state index >= 15 is 0 Å². The quantitative estimate of drug-likeness (QED) is 0.651. The molecule has 1 aliphatic carbocycles. The van der Waals surface area contributed by atoms with Crippen molar-refractivity contribution in [1.82, 2.24) is 0 Å². The van der Waals surface area contributed by atoms with E-state index in [2.05, 4.69) is 26.8 Å². The molecule has 1 fully saturated rings. The first-order chi connectivity index (χ1) is 6.19. The van der Waals surface area contributed by atoms with Crippen LogP contribution in [-0.2, 0) is 0 Å². The van der Waals surface area contributed by atoms with Crippen LogP contribution in [0.25, 0.3) is 0 Å². The largest absolute Gasteiger partial charge is 0.396 e. The summed E-state index contributed by atoms with van der Waals surface area (Å²) in [5.41, 5.74) is 1.61. The summed E-state index contributed by atoms with van der Waals surface area (Å²) in [5.74, 6) is 1.96. The Labute approximate surface area is 81.9 Å². The second-order valence-electron chi connectivity index (χ2n) is 4.46. The van der Waals surface area contributed by atoms with Gasteiger partial charge >= 0.3 is 0 Å². The molecule has 0 saturated heterocycles. The van der Waals surface area contributed by atoms with Gasteiger partial charge in [-0.1, -0.05) is 25.5 Å². The average molecular weight is 182 g/mol. The molecule has 1 rings (SSSR count). The fraction of sp³-hybridized carbons (Fsp3) is 0.833. The van der Waals surface area contributed by atoms with Crippen molar-refractivity contribution in [1.29, 1.82) is 0 Å². The lowest BCUT2D eigenvalue weighted by Crippen LogP contribution is -2.23. The van der Waals surface area contributed by atoms with Crippen LogP contribution in [0.15, 0.2) is 11.6 Å². The van der Waals surface area contributed by atoms with Crippen molar-refractivity contribution < 1.29 is 5.11 Å². The topological polar surface area (TPSA) is 20.2 Å². The zero-order valence-corrected chi connectivity index (χ0v) is 9.09. The normalized spacial score (nSPS) is 34.9. The molecular weight excluding hydrogens is 160 g/mol. The van der Waals surface area contributed by atoms with Crippen LogP contribution >= 0.6 is 0 Å². The maximum atomic E-state index is 9.08. The third-order valence-corrected chi connectivity index (χ3v) is 3.56. The Kier molecular flexibility index (Phi) is 3.98. The SMILES string of the molecule is C/C=C1/CCC(C(C)CO)CC1C. The number of aliphatic hydroxyl groups excluding tert-OH is 1. The van der Waals surface area contributed by atoms with E-state index in [9.17, 15) is 0 Å². The molecule has 0 aromatic rings. The zero-order chi connectivity index (χ0) is 9.84. The lowest BCUT2D eigenvalue weighted by molar-refractivity contribution is 0.157. The minimum Gasteiger partial charge on any atom is -0.396 e. The molecule has 0 amide bonds. The summed E-state index contributed by atoms with van der Waals surface area (Å²) in [7, 11) is 0. The Balaban J connectivity index is 2.50. The molecule has 1 nitrogen and oxygen atoms in total. The van der Waals surface area contributed by atoms with Crippen LogP contribution in [0.1, 0.15) is 40.0 Å². The Hall–Kier alpha value is -0.300. The minimum absolute atomic E-state index is 0.350. The number of hydrogen-bond acceptors (Lipinski definition) is 1. The van der Waals surface area contributed by atoms with Gasteiger partial charge in [-0.3, -0.25) is 0 Å². The van der Waals surface area contributed by atoms with Gasteiger partial charge in [0.2, 0.25) is 0 Å². The van der Waals surface area contributed by atoms with Gasteiger partial charge in [-0.2, -0.15) is 0 Å². The molecule has 0 aromatic carbocycles. The molecule has 0 spiro atoms. The third-order valence-electron chi connectivity index (χ3n) is 3.56. The Morgan fingerprint density at radius 3 is 2.77 bits per heavy atom. The summed E-state index contributed by atoms with van der Waals surface area (Å²) in [6, 6.07) is 0. The van der Waals surface area contributed by atoms with Crippen LogP contribution in [0.4, 0.5) is 0 Å². The molecule has 1 saturated carbocycles. The van der Waals surface area contributed by atoms with Crippen LogP contribution in [0.5, 0.6) is 0 Å². The lowest BCUT2D eigenvalue weighted by Gasteiger charge is -2.32. The second-order valence-corrected chi connectivity index (χ2v) is 4.46. The minimum atomic E-state index is 0.350. The van der Waals surface area contributed by atoms with Gasteiger partial charge < -0.3 is 5.11 Å². The first kappa shape index (κ1) is 10.8. The van der Waals surface area contributed by atoms with Gasteiger partial charge in [0, 0.05) is 6.61 Å². The number of allylic oxidation sites excluding steroid dienone is 2. The van der Waals surface area contributed by atoms with Gasteiger partial charge in [-0.15, -0.1) is 0 Å². The van der Waals surface area contributed by atoms with Gasteiger partial charge in [-0.05, 0) is 43.9 Å². The van der Waals surface area contributed by atoms with E-state index in [1.54, 1.807) is 5.57 Å². The number of hydrogen-bond donors (Lipinski definition) is 1. The van der Waals surface area contributed by atoms with E-state index in [1.807, 2.05) is 0 Å². The molecule has 0 aromatic heterocycles. The van der Waals surface area contributed by atoms with Crippen molar-refractivity contribution in [3.63, 3.8) is 0 Å². The number of rotatable bonds is 2. The smallest absolute Gasteiger partial charge is 0.0459 e. The Morgan fingerprint density at radius 2 is 2.31 bits per heavy atom. The molecule has 1 heteroatoms. The summed E-state index contributed by atoms with van der Waals surface area (Å²) >= 11 is 0. The van der Waals surface area contributed by atoms with E-state index in [1.165, 1.54) is 19.3 Å². The van der Waals surface area contributed by atoms with Crippen molar-refractivity contribution >= 4 is 0 Å². The first-order valence-corrected chi connectivity index (χ1v) is 5.45. The van der Waals surface area contributed by atoms with Gasteiger partial charge in [0.15, 0.2) is 0 Å². The fourth-order valence-electron chi connectivity index (χ4n) is 2.42. The summed E-state index contributed by atoms with van der Waals surface area (Å²) in [4.78, 5) is 0. The summed E-state index contributed by atoms with van der Waals surface area (Å²) in [6.45, 7) is 6.97. The van der Waals surface area contributed by atoms with Gasteiger partial charge in [0.1, 0.15) is 0 Å². The van der Waals surface area contributed by atoms with Crippen LogP contribution in [0, 0.1) is 17.8 Å². The molecule has 0 radical (unpaired) electrons. The van der Waals surface area contributed by atoms with E-state index in [4.69, 9.17) is 5.11 Å². The Bertz CT molecular complexity index is 184. The predicted octanol–water partition coefficient (Wildman–Crippen LogP) is 3.00. The molecular formula is C12H22O. The summed E-state index contributed by atoms with van der Waals surface area (Å²) in [6.07, 6.45) is 6.05. The zero-order valence-electron chi connectivity index (χ0n) is 9.09. The van der Waals surface area contributed by atoms with Gasteiger partial charge in [-0.25, -0.2) is 0 Å². The van der Waals surface area contributed by atoms with E-state index < -0.39 is 0 Å². The molecule has 0 aliphatic heterocycles. The maximum absolute atomic E-state index is 9.08. The third kappa shape index (κ3) is 2.57.